The van der Waals surface area contributed by atoms with Gasteiger partial charge in [-0.1, -0.05) is 0 Å². The van der Waals surface area contributed by atoms with Gasteiger partial charge in [-0.2, -0.15) is 4.39 Å². The van der Waals surface area contributed by atoms with Crippen LogP contribution in [0.1, 0.15) is 24.3 Å². The van der Waals surface area contributed by atoms with Crippen molar-refractivity contribution in [2.75, 3.05) is 0 Å². The van der Waals surface area contributed by atoms with Gasteiger partial charge in [0.05, 0.1) is 0 Å². The van der Waals surface area contributed by atoms with Crippen LogP contribution >= 0.6 is 22.6 Å². The summed E-state index contributed by atoms with van der Waals surface area (Å²) in [6.07, 6.45) is 4.14. The fraction of sp³-hybridized carbons (Fsp3) is 0.375. The maximum atomic E-state index is 12.5. The van der Waals surface area contributed by atoms with Gasteiger partial charge < -0.3 is 0 Å². The molecular weight excluding hydrogens is 256 g/mol. The topological polar surface area (TPSA) is 12.9 Å². The van der Waals surface area contributed by atoms with E-state index in [-0.39, 0.29) is 5.95 Å². The predicted octanol–water partition coefficient (Wildman–Crippen LogP) is 2.70. The van der Waals surface area contributed by atoms with E-state index in [9.17, 15) is 4.39 Å². The molecule has 0 aliphatic heterocycles. The second-order valence-corrected chi connectivity index (χ2v) is 3.97. The van der Waals surface area contributed by atoms with E-state index in [1.165, 1.54) is 24.5 Å². The summed E-state index contributed by atoms with van der Waals surface area (Å²) < 4.78 is 13.5. The molecule has 0 amide bonds. The van der Waals surface area contributed by atoms with Crippen LogP contribution in [0.15, 0.2) is 12.3 Å². The number of rotatable bonds is 1. The van der Waals surface area contributed by atoms with Crippen molar-refractivity contribution in [3.8, 4) is 0 Å². The van der Waals surface area contributed by atoms with E-state index in [0.29, 0.717) is 5.92 Å². The molecule has 1 heterocycles. The highest BCUT2D eigenvalue weighted by atomic mass is 127. The number of pyridine rings is 1. The summed E-state index contributed by atoms with van der Waals surface area (Å²) in [5, 5.41) is 0. The Kier molecular flexibility index (Phi) is 1.83. The minimum Gasteiger partial charge on any atom is -0.228 e. The molecule has 3 heteroatoms. The Morgan fingerprint density at radius 3 is 2.82 bits per heavy atom. The van der Waals surface area contributed by atoms with Gasteiger partial charge in [0.15, 0.2) is 0 Å². The third kappa shape index (κ3) is 1.52. The van der Waals surface area contributed by atoms with Gasteiger partial charge in [0, 0.05) is 15.8 Å². The van der Waals surface area contributed by atoms with Crippen LogP contribution in [0.2, 0.25) is 0 Å². The summed E-state index contributed by atoms with van der Waals surface area (Å²) in [5.74, 6) is 0.286. The molecule has 11 heavy (non-hydrogen) atoms. The number of hydrogen-bond acceptors (Lipinski definition) is 1. The summed E-state index contributed by atoms with van der Waals surface area (Å²) in [6, 6.07) is 1.49. The fourth-order valence-corrected chi connectivity index (χ4v) is 1.95. The summed E-state index contributed by atoms with van der Waals surface area (Å²) in [6.45, 7) is 0. The summed E-state index contributed by atoms with van der Waals surface area (Å²) >= 11 is 2.16. The third-order valence-electron chi connectivity index (χ3n) is 1.87. The Morgan fingerprint density at radius 2 is 2.27 bits per heavy atom. The van der Waals surface area contributed by atoms with Crippen molar-refractivity contribution in [3.63, 3.8) is 0 Å². The molecule has 1 fully saturated rings. The first-order valence-corrected chi connectivity index (χ1v) is 4.66. The van der Waals surface area contributed by atoms with E-state index in [4.69, 9.17) is 0 Å². The van der Waals surface area contributed by atoms with Crippen LogP contribution in [-0.4, -0.2) is 4.98 Å². The fourth-order valence-electron chi connectivity index (χ4n) is 1.11. The maximum Gasteiger partial charge on any atom is 0.213 e. The van der Waals surface area contributed by atoms with E-state index in [2.05, 4.69) is 27.6 Å². The van der Waals surface area contributed by atoms with Crippen molar-refractivity contribution < 1.29 is 4.39 Å². The minimum absolute atomic E-state index is 0.376. The molecule has 0 saturated heterocycles. The van der Waals surface area contributed by atoms with Crippen molar-refractivity contribution in [2.45, 2.75) is 18.8 Å². The molecule has 1 aliphatic carbocycles. The standard InChI is InChI=1S/C8H7FIN/c9-8-3-7(10)6(4-11-8)5-1-2-5/h3-5H,1-2H2. The van der Waals surface area contributed by atoms with Crippen molar-refractivity contribution in [1.82, 2.24) is 4.98 Å². The molecule has 0 atom stereocenters. The van der Waals surface area contributed by atoms with Gasteiger partial charge in [-0.25, -0.2) is 4.98 Å². The zero-order valence-electron chi connectivity index (χ0n) is 5.85. The molecule has 1 aliphatic rings. The van der Waals surface area contributed by atoms with Crippen molar-refractivity contribution in [1.29, 1.82) is 0 Å². The second-order valence-electron chi connectivity index (χ2n) is 2.80. The lowest BCUT2D eigenvalue weighted by Gasteiger charge is -1.99. The maximum absolute atomic E-state index is 12.5. The zero-order valence-corrected chi connectivity index (χ0v) is 8.01. The molecule has 0 bridgehead atoms. The lowest BCUT2D eigenvalue weighted by Crippen LogP contribution is -1.90. The minimum atomic E-state index is -0.376. The van der Waals surface area contributed by atoms with Crippen LogP contribution < -0.4 is 0 Å². The number of aromatic nitrogens is 1. The molecule has 1 saturated carbocycles. The number of halogens is 2. The first kappa shape index (κ1) is 7.46. The average molecular weight is 263 g/mol. The van der Waals surface area contributed by atoms with Gasteiger partial charge in [-0.15, -0.1) is 0 Å². The van der Waals surface area contributed by atoms with Gasteiger partial charge in [-0.05, 0) is 46.9 Å². The van der Waals surface area contributed by atoms with Crippen LogP contribution in [0, 0.1) is 9.52 Å². The smallest absolute Gasteiger partial charge is 0.213 e. The quantitative estimate of drug-likeness (QED) is 0.560. The van der Waals surface area contributed by atoms with Crippen LogP contribution in [0.5, 0.6) is 0 Å². The van der Waals surface area contributed by atoms with Gasteiger partial charge in [0.25, 0.3) is 0 Å². The zero-order chi connectivity index (χ0) is 7.84. The van der Waals surface area contributed by atoms with Crippen molar-refractivity contribution >= 4 is 22.6 Å². The normalized spacial score (nSPS) is 16.9. The highest BCUT2D eigenvalue weighted by molar-refractivity contribution is 14.1. The number of nitrogens with zero attached hydrogens (tertiary/aromatic N) is 1. The predicted molar refractivity (Wildman–Crippen MR) is 48.9 cm³/mol. The Bertz CT molecular complexity index is 283. The summed E-state index contributed by atoms with van der Waals surface area (Å²) in [4.78, 5) is 3.63. The molecule has 1 aromatic heterocycles. The van der Waals surface area contributed by atoms with E-state index >= 15 is 0 Å². The number of hydrogen-bond donors (Lipinski definition) is 0. The molecular formula is C8H7FIN. The molecule has 58 valence electrons. The Morgan fingerprint density at radius 1 is 1.55 bits per heavy atom. The third-order valence-corrected chi connectivity index (χ3v) is 2.80. The lowest BCUT2D eigenvalue weighted by molar-refractivity contribution is 0.581. The molecule has 2 rings (SSSR count). The van der Waals surface area contributed by atoms with E-state index < -0.39 is 0 Å². The van der Waals surface area contributed by atoms with Crippen LogP contribution in [0.3, 0.4) is 0 Å². The van der Waals surface area contributed by atoms with E-state index in [1.54, 1.807) is 6.20 Å². The van der Waals surface area contributed by atoms with Crippen molar-refractivity contribution in [2.24, 2.45) is 0 Å². The highest BCUT2D eigenvalue weighted by Gasteiger charge is 2.25. The van der Waals surface area contributed by atoms with Gasteiger partial charge in [0.1, 0.15) is 0 Å². The van der Waals surface area contributed by atoms with Gasteiger partial charge >= 0.3 is 0 Å². The molecule has 1 aromatic rings. The molecule has 0 unspecified atom stereocenters. The van der Waals surface area contributed by atoms with Crippen LogP contribution in [-0.2, 0) is 0 Å². The Balaban J connectivity index is 2.39. The largest absolute Gasteiger partial charge is 0.228 e. The van der Waals surface area contributed by atoms with Gasteiger partial charge in [0.2, 0.25) is 5.95 Å². The first-order chi connectivity index (χ1) is 5.27. The summed E-state index contributed by atoms with van der Waals surface area (Å²) in [5.41, 5.74) is 1.21. The van der Waals surface area contributed by atoms with Crippen LogP contribution in [0.25, 0.3) is 0 Å². The SMILES string of the molecule is Fc1cc(I)c(C2CC2)cn1. The molecule has 0 spiro atoms. The average Bonchev–Trinajstić information content (AvgIpc) is 2.70. The molecule has 0 radical (unpaired) electrons. The monoisotopic (exact) mass is 263 g/mol. The second kappa shape index (κ2) is 2.69. The van der Waals surface area contributed by atoms with E-state index in [0.717, 1.165) is 3.57 Å². The first-order valence-electron chi connectivity index (χ1n) is 3.58. The lowest BCUT2D eigenvalue weighted by atomic mass is 10.2. The Labute approximate surface area is 78.2 Å². The van der Waals surface area contributed by atoms with Gasteiger partial charge in [-0.3, -0.25) is 0 Å². The van der Waals surface area contributed by atoms with Crippen LogP contribution in [0.4, 0.5) is 4.39 Å². The molecule has 0 N–H and O–H groups in total. The highest BCUT2D eigenvalue weighted by Crippen LogP contribution is 2.41. The Hall–Kier alpha value is -0.190. The summed E-state index contributed by atoms with van der Waals surface area (Å²) in [7, 11) is 0. The van der Waals surface area contributed by atoms with Crippen molar-refractivity contribution in [3.05, 3.63) is 27.3 Å². The molecule has 0 aromatic carbocycles. The van der Waals surface area contributed by atoms with E-state index in [1.807, 2.05) is 0 Å². The molecule has 1 nitrogen and oxygen atoms in total.